The number of nitrogens with one attached hydrogen (secondary N) is 3. The van der Waals surface area contributed by atoms with Gasteiger partial charge in [-0.1, -0.05) is 0 Å². The molecule has 0 radical (unpaired) electrons. The highest BCUT2D eigenvalue weighted by molar-refractivity contribution is 5.78. The summed E-state index contributed by atoms with van der Waals surface area (Å²) in [4.78, 5) is 78.8. The zero-order chi connectivity index (χ0) is 103. The molecule has 3 amide bonds. The van der Waals surface area contributed by atoms with Gasteiger partial charge in [-0.2, -0.15) is 0 Å². The standard InChI is InChI=1S/C75H123N3O60/c1-17(89)76-33-20(92)4-75(72(117)118,137-56(33)37(100)22(94)7-79)138-58-41(104)31(15-87)123-67(48(58)111)127-54-32(16-88)124-64(35(43(54)106)78-19(3)91)129-57-40(103)30(14-86)122-66(47(57)110)132-61-52(25(97)10-82)126-68(128-55-27(6-73(119,70(113)114)135-53(55)26(98)11-83)134-74(71(115)116)5-21(93)36(99)51(136-74)24(96)9-81)49(112)60(61)131-69-62(133-63-34(77-18(2)90)42(105)38(101)28(12-84)120-63)59(46(109)50(125-69)23(95)8-80)130-65-45(108)44(107)39(102)29(13-85)121-65/h20-69,79-88,92-112,119H,4-16H2,1-3H3,(H,76,89)(H,77,90)(H,78,91)(H,113,114)(H,115,116)(H,117,118)/t20-,21+,22+,23-,24+,25-,26+,27+,28+,29+,30+,31+,32+,33+,34+,35+,36+,37+,38+,39+,40-,41-,42+,43+,44-,45+,46+,47+,48+,49-,50+,51+,52+,53+,54+,55+,56+,57-,58-,59-,60+,61+,62-,63+,64-,65+,66-,67-,68+,69+,73+,74+,75-/m0/s1. The lowest BCUT2D eigenvalue weighted by Gasteiger charge is -2.54. The van der Waals surface area contributed by atoms with Crippen molar-refractivity contribution in [3.63, 3.8) is 0 Å². The Bertz CT molecular complexity index is 3910. The molecule has 138 heavy (non-hydrogen) atoms. The third-order valence-corrected chi connectivity index (χ3v) is 24.9. The highest BCUT2D eigenvalue weighted by atomic mass is 16.8. The van der Waals surface area contributed by atoms with E-state index in [9.17, 15) is 207 Å². The molecule has 10 fully saturated rings. The molecule has 0 aromatic heterocycles. The van der Waals surface area contributed by atoms with Gasteiger partial charge < -0.3 is 285 Å². The molecule has 0 saturated carbocycles. The van der Waals surface area contributed by atoms with Crippen LogP contribution in [0.15, 0.2) is 0 Å². The Kier molecular flexibility index (Phi) is 40.2. The number of ether oxygens (including phenoxy) is 19. The number of carbonyl (C=O) groups excluding carboxylic acids is 3. The van der Waals surface area contributed by atoms with Gasteiger partial charge in [-0.25, -0.2) is 14.4 Å². The van der Waals surface area contributed by atoms with E-state index in [-0.39, 0.29) is 0 Å². The lowest BCUT2D eigenvalue weighted by molar-refractivity contribution is -0.425. The number of hydrogen-bond donors (Lipinski definition) is 38. The molecule has 38 N–H and O–H groups in total. The molecule has 0 aromatic rings. The first-order valence-electron chi connectivity index (χ1n) is 43.1. The fourth-order valence-corrected chi connectivity index (χ4v) is 17.7. The topological polar surface area (TPSA) is 1020 Å². The number of carbonyl (C=O) groups is 6. The molecule has 0 unspecified atom stereocenters. The maximum atomic E-state index is 13.6. The normalized spacial score (nSPS) is 46.7. The van der Waals surface area contributed by atoms with Crippen LogP contribution in [-0.2, 0) is 119 Å². The third kappa shape index (κ3) is 24.3. The van der Waals surface area contributed by atoms with Gasteiger partial charge in [0.1, 0.15) is 238 Å². The van der Waals surface area contributed by atoms with E-state index in [1.54, 1.807) is 0 Å². The number of aliphatic hydroxyl groups is 32. The summed E-state index contributed by atoms with van der Waals surface area (Å²) in [6, 6.07) is -6.19. The van der Waals surface area contributed by atoms with Crippen LogP contribution < -0.4 is 16.0 Å². The fourth-order valence-electron chi connectivity index (χ4n) is 17.7. The van der Waals surface area contributed by atoms with E-state index in [0.717, 1.165) is 20.8 Å². The van der Waals surface area contributed by atoms with Crippen LogP contribution in [0.5, 0.6) is 0 Å². The number of aliphatic hydroxyl groups excluding tert-OH is 31. The molecule has 53 atom stereocenters. The first kappa shape index (κ1) is 115. The van der Waals surface area contributed by atoms with Crippen molar-refractivity contribution in [2.24, 2.45) is 0 Å². The summed E-state index contributed by atoms with van der Waals surface area (Å²) in [7, 11) is 0. The Morgan fingerprint density at radius 1 is 0.304 bits per heavy atom. The highest BCUT2D eigenvalue weighted by Gasteiger charge is 2.67. The summed E-state index contributed by atoms with van der Waals surface area (Å²) in [6.07, 6.45) is -123. The van der Waals surface area contributed by atoms with Crippen LogP contribution in [0.2, 0.25) is 0 Å². The SMILES string of the molecule is CC(=O)N[C@H]1[C@H](O[C@H]2[C@@H](O)[C@@H](CO)O[C@@H](O[C@H]3[C@H](O[C@H]4O[C@H]([C@@H](O)CO)[C@@H](O)[C@H](O[C@H]5O[C@H](CO)[C@@H](O)[C@H](O)[C@H]5O)[C@@H]4O[C@H]4O[C@H](CO)[C@@H](O)[C@H](O)[C@H]4NC(C)=O)[C@H](O)[C@@H](O[C@H]4[C@@H]([C@H](O)CO)O[C@@](O)(C(=O)O)C[C@H]4O[C@]4(C(=O)O)C[C@@H](O)[C@@H](O)[C@@H]([C@H](O)CO)O4)O[C@@H]3[C@@H](O)CO)[C@@H]2O)O[C@H](CO)[C@@H](O[C@@H]2O[C@H](CO)[C@H](O)[C@H](O[C@]3(C(=O)O)C[C@H](O)[C@@H](NC(C)=O)[C@H]([C@H](O)[C@H](O)CO)O3)[C@H]2O)[C@@H]1O. The van der Waals surface area contributed by atoms with E-state index in [1.165, 1.54) is 0 Å². The Hall–Kier alpha value is -5.22. The minimum absolute atomic E-state index is 0.796. The zero-order valence-corrected chi connectivity index (χ0v) is 72.9. The van der Waals surface area contributed by atoms with Gasteiger partial charge in [0.25, 0.3) is 17.4 Å². The summed E-state index contributed by atoms with van der Waals surface area (Å²) in [6.45, 7) is -11.5. The largest absolute Gasteiger partial charge is 0.477 e. The van der Waals surface area contributed by atoms with Gasteiger partial charge in [-0.15, -0.1) is 0 Å². The smallest absolute Gasteiger partial charge is 0.364 e. The predicted molar refractivity (Wildman–Crippen MR) is 416 cm³/mol. The number of carboxylic acids is 3. The number of rotatable bonds is 40. The minimum Gasteiger partial charge on any atom is -0.477 e. The first-order valence-corrected chi connectivity index (χ1v) is 43.1. The predicted octanol–water partition coefficient (Wildman–Crippen LogP) is -24.8. The summed E-state index contributed by atoms with van der Waals surface area (Å²) < 4.78 is 113. The Balaban J connectivity index is 1.08. The van der Waals surface area contributed by atoms with Crippen LogP contribution >= 0.6 is 0 Å². The van der Waals surface area contributed by atoms with E-state index in [1.807, 2.05) is 0 Å². The molecule has 63 heteroatoms. The van der Waals surface area contributed by atoms with E-state index in [2.05, 4.69) is 16.0 Å². The van der Waals surface area contributed by atoms with Crippen LogP contribution in [0, 0.1) is 0 Å². The van der Waals surface area contributed by atoms with Gasteiger partial charge in [0, 0.05) is 40.0 Å². The average Bonchev–Trinajstić information content (AvgIpc) is 0.738. The summed E-state index contributed by atoms with van der Waals surface area (Å²) in [5, 5.41) is 401. The van der Waals surface area contributed by atoms with Crippen LogP contribution in [0.25, 0.3) is 0 Å². The zero-order valence-electron chi connectivity index (χ0n) is 72.9. The molecule has 798 valence electrons. The lowest BCUT2D eigenvalue weighted by atomic mass is 9.88. The van der Waals surface area contributed by atoms with Crippen LogP contribution in [0.1, 0.15) is 40.0 Å². The minimum atomic E-state index is -3.79. The Morgan fingerprint density at radius 2 is 0.681 bits per heavy atom. The summed E-state index contributed by atoms with van der Waals surface area (Å²) in [5.41, 5.74) is 0. The number of amides is 3. The van der Waals surface area contributed by atoms with E-state index >= 15 is 0 Å². The molecule has 0 spiro atoms. The molecule has 0 aromatic carbocycles. The maximum absolute atomic E-state index is 13.6. The van der Waals surface area contributed by atoms with Crippen LogP contribution in [0.3, 0.4) is 0 Å². The van der Waals surface area contributed by atoms with Crippen molar-refractivity contribution < 1.29 is 297 Å². The monoisotopic (exact) mass is 2030 g/mol. The van der Waals surface area contributed by atoms with Gasteiger partial charge in [-0.05, 0) is 0 Å². The van der Waals surface area contributed by atoms with Gasteiger partial charge in [0.2, 0.25) is 17.7 Å². The van der Waals surface area contributed by atoms with Crippen molar-refractivity contribution in [3.8, 4) is 0 Å². The molecule has 0 aliphatic carbocycles. The second-order valence-electron chi connectivity index (χ2n) is 34.5. The highest BCUT2D eigenvalue weighted by Crippen LogP contribution is 2.47. The second-order valence-corrected chi connectivity index (χ2v) is 34.5. The van der Waals surface area contributed by atoms with Crippen LogP contribution in [0.4, 0.5) is 0 Å². The van der Waals surface area contributed by atoms with Crippen molar-refractivity contribution in [2.75, 3.05) is 66.1 Å². The van der Waals surface area contributed by atoms with Gasteiger partial charge >= 0.3 is 17.9 Å². The molecule has 10 heterocycles. The summed E-state index contributed by atoms with van der Waals surface area (Å²) in [5.74, 6) is -20.9. The van der Waals surface area contributed by atoms with Crippen molar-refractivity contribution in [1.29, 1.82) is 0 Å². The molecule has 10 aliphatic heterocycles. The van der Waals surface area contributed by atoms with E-state index in [4.69, 9.17) is 90.0 Å². The third-order valence-electron chi connectivity index (χ3n) is 24.9. The van der Waals surface area contributed by atoms with E-state index < -0.39 is 445 Å². The first-order chi connectivity index (χ1) is 64.9. The average molecular weight is 2030 g/mol. The van der Waals surface area contributed by atoms with Gasteiger partial charge in [0.15, 0.2) is 44.0 Å². The quantitative estimate of drug-likeness (QED) is 0.0271. The molecule has 63 nitrogen and oxygen atoms in total. The van der Waals surface area contributed by atoms with Crippen molar-refractivity contribution in [3.05, 3.63) is 0 Å². The number of aliphatic carboxylic acids is 3. The number of carboxylic acid groups (broad SMARTS) is 3. The molecule has 0 bridgehead atoms. The van der Waals surface area contributed by atoms with Gasteiger partial charge in [0.05, 0.1) is 90.4 Å². The molecule has 10 aliphatic rings. The van der Waals surface area contributed by atoms with Crippen molar-refractivity contribution >= 4 is 35.6 Å². The van der Waals surface area contributed by atoms with E-state index in [0.29, 0.717) is 0 Å². The molecule has 10 saturated heterocycles. The fraction of sp³-hybridized carbons (Fsp3) is 0.920. The lowest BCUT2D eigenvalue weighted by Crippen LogP contribution is -2.72. The Labute approximate surface area is 776 Å². The summed E-state index contributed by atoms with van der Waals surface area (Å²) >= 11 is 0. The van der Waals surface area contributed by atoms with Crippen LogP contribution in [-0.4, -0.2) is 604 Å². The molecular formula is C75H123N3O60. The molecular weight excluding hydrogens is 1900 g/mol. The van der Waals surface area contributed by atoms with Gasteiger partial charge in [-0.3, -0.25) is 14.4 Å². The van der Waals surface area contributed by atoms with Crippen molar-refractivity contribution in [2.45, 2.75) is 364 Å². The number of hydrogen-bond acceptors (Lipinski definition) is 57. The molecule has 10 rings (SSSR count). The second kappa shape index (κ2) is 48.4. The Morgan fingerprint density at radius 3 is 1.20 bits per heavy atom. The maximum Gasteiger partial charge on any atom is 0.364 e. The van der Waals surface area contributed by atoms with Crippen molar-refractivity contribution in [1.82, 2.24) is 16.0 Å².